The number of hydrogen-bond acceptors (Lipinski definition) is 4. The molecule has 1 N–H and O–H groups in total. The second-order valence-electron chi connectivity index (χ2n) is 4.95. The molecule has 1 aliphatic rings. The van der Waals surface area contributed by atoms with Crippen molar-refractivity contribution in [1.82, 2.24) is 0 Å². The van der Waals surface area contributed by atoms with E-state index < -0.39 is 0 Å². The van der Waals surface area contributed by atoms with Crippen molar-refractivity contribution in [2.45, 2.75) is 13.3 Å². The molecule has 1 aliphatic heterocycles. The first kappa shape index (κ1) is 14.2. The third-order valence-corrected chi connectivity index (χ3v) is 3.29. The Bertz CT molecular complexity index is 389. The van der Waals surface area contributed by atoms with Gasteiger partial charge in [0.1, 0.15) is 12.4 Å². The van der Waals surface area contributed by atoms with Crippen LogP contribution >= 0.6 is 0 Å². The molecule has 0 amide bonds. The molecule has 1 aromatic carbocycles. The van der Waals surface area contributed by atoms with Gasteiger partial charge in [0.2, 0.25) is 0 Å². The maximum absolute atomic E-state index is 5.75. The van der Waals surface area contributed by atoms with E-state index in [2.05, 4.69) is 30.4 Å². The average molecular weight is 265 g/mol. The highest BCUT2D eigenvalue weighted by Crippen LogP contribution is 2.26. The Hall–Kier alpha value is -1.26. The van der Waals surface area contributed by atoms with Crippen LogP contribution in [-0.4, -0.2) is 40.1 Å². The number of aryl methyl sites for hydroxylation is 1. The molecule has 0 saturated carbocycles. The Morgan fingerprint density at radius 2 is 2.26 bits per heavy atom. The molecular weight excluding hydrogens is 242 g/mol. The predicted octanol–water partition coefficient (Wildman–Crippen LogP) is 2.47. The number of nitrogens with one attached hydrogen (secondary N) is 1. The Morgan fingerprint density at radius 3 is 3.00 bits per heavy atom. The Kier molecular flexibility index (Phi) is 5.48. The molecule has 1 unspecified atom stereocenters. The van der Waals surface area contributed by atoms with Crippen LogP contribution in [0.25, 0.3) is 0 Å². The topological polar surface area (TPSA) is 39.7 Å². The van der Waals surface area contributed by atoms with E-state index in [0.717, 1.165) is 37.6 Å². The third-order valence-electron chi connectivity index (χ3n) is 3.29. The fourth-order valence-electron chi connectivity index (χ4n) is 2.13. The molecule has 1 heterocycles. The van der Waals surface area contributed by atoms with Crippen molar-refractivity contribution in [3.8, 4) is 5.75 Å². The maximum atomic E-state index is 5.75. The summed E-state index contributed by atoms with van der Waals surface area (Å²) in [6.07, 6.45) is 1.14. The molecule has 0 spiro atoms. The normalized spacial score (nSPS) is 18.5. The van der Waals surface area contributed by atoms with Crippen LogP contribution in [0.5, 0.6) is 5.75 Å². The van der Waals surface area contributed by atoms with E-state index >= 15 is 0 Å². The second kappa shape index (κ2) is 7.36. The molecule has 1 aromatic rings. The first-order valence-electron chi connectivity index (χ1n) is 6.83. The van der Waals surface area contributed by atoms with E-state index in [1.54, 1.807) is 7.11 Å². The summed E-state index contributed by atoms with van der Waals surface area (Å²) in [5.74, 6) is 1.50. The molecule has 1 fully saturated rings. The van der Waals surface area contributed by atoms with Crippen LogP contribution in [0.4, 0.5) is 5.69 Å². The van der Waals surface area contributed by atoms with E-state index in [1.807, 2.05) is 0 Å². The van der Waals surface area contributed by atoms with Crippen molar-refractivity contribution in [2.24, 2.45) is 5.92 Å². The minimum absolute atomic E-state index is 0.571. The van der Waals surface area contributed by atoms with Crippen LogP contribution in [0.1, 0.15) is 12.0 Å². The van der Waals surface area contributed by atoms with Gasteiger partial charge in [0, 0.05) is 26.2 Å². The van der Waals surface area contributed by atoms with Crippen LogP contribution in [0.2, 0.25) is 0 Å². The van der Waals surface area contributed by atoms with Gasteiger partial charge in [0.15, 0.2) is 0 Å². The standard InChI is InChI=1S/C15H23NO3/c1-12-3-4-14(15(9-12)19-8-7-17-2)16-10-13-5-6-18-11-13/h3-4,9,13,16H,5-8,10-11H2,1-2H3. The number of rotatable bonds is 7. The zero-order chi connectivity index (χ0) is 13.5. The van der Waals surface area contributed by atoms with Gasteiger partial charge in [-0.05, 0) is 31.0 Å². The van der Waals surface area contributed by atoms with Gasteiger partial charge in [-0.1, -0.05) is 6.07 Å². The van der Waals surface area contributed by atoms with Crippen molar-refractivity contribution in [3.05, 3.63) is 23.8 Å². The quantitative estimate of drug-likeness (QED) is 0.769. The summed E-state index contributed by atoms with van der Waals surface area (Å²) in [6, 6.07) is 6.23. The van der Waals surface area contributed by atoms with E-state index in [9.17, 15) is 0 Å². The highest BCUT2D eigenvalue weighted by Gasteiger charge is 2.15. The summed E-state index contributed by atoms with van der Waals surface area (Å²) in [4.78, 5) is 0. The molecule has 1 atom stereocenters. The SMILES string of the molecule is COCCOc1cc(C)ccc1NCC1CCOC1. The van der Waals surface area contributed by atoms with Crippen LogP contribution < -0.4 is 10.1 Å². The molecule has 1 saturated heterocycles. The predicted molar refractivity (Wildman–Crippen MR) is 76.0 cm³/mol. The highest BCUT2D eigenvalue weighted by molar-refractivity contribution is 5.57. The Morgan fingerprint density at radius 1 is 1.37 bits per heavy atom. The molecular formula is C15H23NO3. The molecule has 4 heteroatoms. The largest absolute Gasteiger partial charge is 0.489 e. The minimum atomic E-state index is 0.571. The molecule has 0 aromatic heterocycles. The average Bonchev–Trinajstić information content (AvgIpc) is 2.91. The van der Waals surface area contributed by atoms with Crippen LogP contribution in [0, 0.1) is 12.8 Å². The summed E-state index contributed by atoms with van der Waals surface area (Å²) < 4.78 is 16.2. The second-order valence-corrected chi connectivity index (χ2v) is 4.95. The van der Waals surface area contributed by atoms with Gasteiger partial charge in [-0.3, -0.25) is 0 Å². The highest BCUT2D eigenvalue weighted by atomic mass is 16.5. The lowest BCUT2D eigenvalue weighted by Gasteiger charge is -2.16. The van der Waals surface area contributed by atoms with Gasteiger partial charge < -0.3 is 19.5 Å². The van der Waals surface area contributed by atoms with Gasteiger partial charge in [0.05, 0.1) is 18.9 Å². The summed E-state index contributed by atoms with van der Waals surface area (Å²) >= 11 is 0. The van der Waals surface area contributed by atoms with Crippen LogP contribution in [-0.2, 0) is 9.47 Å². The molecule has 0 radical (unpaired) electrons. The Labute approximate surface area is 115 Å². The smallest absolute Gasteiger partial charge is 0.142 e. The molecule has 0 aliphatic carbocycles. The summed E-state index contributed by atoms with van der Waals surface area (Å²) in [6.45, 7) is 5.92. The van der Waals surface area contributed by atoms with Gasteiger partial charge in [-0.2, -0.15) is 0 Å². The zero-order valence-electron chi connectivity index (χ0n) is 11.8. The lowest BCUT2D eigenvalue weighted by molar-refractivity contribution is 0.146. The fourth-order valence-corrected chi connectivity index (χ4v) is 2.13. The van der Waals surface area contributed by atoms with E-state index in [-0.39, 0.29) is 0 Å². The van der Waals surface area contributed by atoms with Gasteiger partial charge >= 0.3 is 0 Å². The van der Waals surface area contributed by atoms with Crippen molar-refractivity contribution < 1.29 is 14.2 Å². The molecule has 19 heavy (non-hydrogen) atoms. The van der Waals surface area contributed by atoms with E-state index in [1.165, 1.54) is 5.56 Å². The van der Waals surface area contributed by atoms with Gasteiger partial charge in [-0.15, -0.1) is 0 Å². The lowest BCUT2D eigenvalue weighted by atomic mass is 10.1. The molecule has 0 bridgehead atoms. The maximum Gasteiger partial charge on any atom is 0.142 e. The summed E-state index contributed by atoms with van der Waals surface area (Å²) in [7, 11) is 1.68. The lowest BCUT2D eigenvalue weighted by Crippen LogP contribution is -2.15. The van der Waals surface area contributed by atoms with Crippen LogP contribution in [0.3, 0.4) is 0 Å². The van der Waals surface area contributed by atoms with Gasteiger partial charge in [0.25, 0.3) is 0 Å². The number of hydrogen-bond donors (Lipinski definition) is 1. The fraction of sp³-hybridized carbons (Fsp3) is 0.600. The third kappa shape index (κ3) is 4.40. The first-order valence-corrected chi connectivity index (χ1v) is 6.83. The van der Waals surface area contributed by atoms with E-state index in [4.69, 9.17) is 14.2 Å². The van der Waals surface area contributed by atoms with Crippen molar-refractivity contribution in [3.63, 3.8) is 0 Å². The number of anilines is 1. The first-order chi connectivity index (χ1) is 9.29. The summed E-state index contributed by atoms with van der Waals surface area (Å²) in [5, 5.41) is 3.46. The van der Waals surface area contributed by atoms with Crippen molar-refractivity contribution in [2.75, 3.05) is 45.4 Å². The van der Waals surface area contributed by atoms with E-state index in [0.29, 0.717) is 19.1 Å². The number of benzene rings is 1. The summed E-state index contributed by atoms with van der Waals surface area (Å²) in [5.41, 5.74) is 2.25. The molecule has 4 nitrogen and oxygen atoms in total. The number of ether oxygens (including phenoxy) is 3. The Balaban J connectivity index is 1.92. The van der Waals surface area contributed by atoms with Crippen molar-refractivity contribution >= 4 is 5.69 Å². The zero-order valence-corrected chi connectivity index (χ0v) is 11.8. The molecule has 106 valence electrons. The van der Waals surface area contributed by atoms with Gasteiger partial charge in [-0.25, -0.2) is 0 Å². The minimum Gasteiger partial charge on any atom is -0.489 e. The molecule has 2 rings (SSSR count). The van der Waals surface area contributed by atoms with Crippen LogP contribution in [0.15, 0.2) is 18.2 Å². The number of methoxy groups -OCH3 is 1. The monoisotopic (exact) mass is 265 g/mol. The van der Waals surface area contributed by atoms with Crippen molar-refractivity contribution in [1.29, 1.82) is 0 Å².